The highest BCUT2D eigenvalue weighted by Gasteiger charge is 2.16. The molecule has 0 radical (unpaired) electrons. The summed E-state index contributed by atoms with van der Waals surface area (Å²) in [5.74, 6) is 0. The molecule has 0 aliphatic rings. The first-order chi connectivity index (χ1) is 11.5. The fourth-order valence-corrected chi connectivity index (χ4v) is 2.54. The highest BCUT2D eigenvalue weighted by atomic mass is 16.6. The number of nitrogens with zero attached hydrogens (tertiary/aromatic N) is 2. The van der Waals surface area contributed by atoms with Crippen LogP contribution in [0.4, 0.5) is 11.4 Å². The van der Waals surface area contributed by atoms with E-state index in [0.717, 1.165) is 5.56 Å². The van der Waals surface area contributed by atoms with Crippen molar-refractivity contribution in [3.8, 4) is 0 Å². The molecule has 0 bridgehead atoms. The quantitative estimate of drug-likeness (QED) is 0.431. The highest BCUT2D eigenvalue weighted by Crippen LogP contribution is 2.28. The Hall–Kier alpha value is -3.42. The number of rotatable bonds is 4. The number of hydrogen-bond acceptors (Lipinski definition) is 5. The lowest BCUT2D eigenvalue weighted by molar-refractivity contribution is -0.384. The lowest BCUT2D eigenvalue weighted by Gasteiger charge is -2.20. The highest BCUT2D eigenvalue weighted by molar-refractivity contribution is 5.90. The Morgan fingerprint density at radius 2 is 1.75 bits per heavy atom. The molecule has 122 valence electrons. The minimum atomic E-state index is -0.848. The van der Waals surface area contributed by atoms with E-state index >= 15 is 0 Å². The number of fused-ring (bicyclic) bond motifs is 1. The fraction of sp³-hybridized carbons (Fsp3) is 0.125. The van der Waals surface area contributed by atoms with E-state index in [4.69, 9.17) is 0 Å². The van der Waals surface area contributed by atoms with Crippen LogP contribution in [0.1, 0.15) is 5.56 Å². The van der Waals surface area contributed by atoms with Crippen molar-refractivity contribution >= 4 is 22.4 Å². The molecular formula is C16H14N4O4. The van der Waals surface area contributed by atoms with Crippen molar-refractivity contribution in [1.82, 2.24) is 9.97 Å². The predicted molar refractivity (Wildman–Crippen MR) is 90.4 cm³/mol. The fourth-order valence-electron chi connectivity index (χ4n) is 2.54. The molecule has 0 fully saturated rings. The number of nitro groups is 1. The van der Waals surface area contributed by atoms with Gasteiger partial charge in [-0.05, 0) is 5.56 Å². The second kappa shape index (κ2) is 5.99. The van der Waals surface area contributed by atoms with Crippen LogP contribution in [0, 0.1) is 10.1 Å². The van der Waals surface area contributed by atoms with Gasteiger partial charge in [0.1, 0.15) is 0 Å². The minimum Gasteiger partial charge on any atom is -0.368 e. The van der Waals surface area contributed by atoms with Gasteiger partial charge in [-0.3, -0.25) is 19.7 Å². The summed E-state index contributed by atoms with van der Waals surface area (Å²) in [5, 5.41) is 11.2. The first kappa shape index (κ1) is 15.5. The van der Waals surface area contributed by atoms with E-state index < -0.39 is 16.0 Å². The molecule has 0 saturated heterocycles. The maximum absolute atomic E-state index is 11.6. The first-order valence-corrected chi connectivity index (χ1v) is 7.15. The summed E-state index contributed by atoms with van der Waals surface area (Å²) in [5.41, 5.74) is 0.209. The molecule has 8 nitrogen and oxygen atoms in total. The largest absolute Gasteiger partial charge is 0.368 e. The number of H-pyrrole nitrogens is 2. The summed E-state index contributed by atoms with van der Waals surface area (Å²) in [6.45, 7) is 0.484. The van der Waals surface area contributed by atoms with Crippen LogP contribution in [0.3, 0.4) is 0 Å². The summed E-state index contributed by atoms with van der Waals surface area (Å²) in [7, 11) is 1.76. The number of non-ortho nitro benzene ring substituents is 1. The molecule has 0 aliphatic heterocycles. The summed E-state index contributed by atoms with van der Waals surface area (Å²) in [6.07, 6.45) is 0. The van der Waals surface area contributed by atoms with Crippen LogP contribution < -0.4 is 16.0 Å². The van der Waals surface area contributed by atoms with E-state index in [9.17, 15) is 19.7 Å². The molecule has 0 saturated carbocycles. The van der Waals surface area contributed by atoms with Crippen molar-refractivity contribution in [2.24, 2.45) is 0 Å². The van der Waals surface area contributed by atoms with Gasteiger partial charge in [0, 0.05) is 25.7 Å². The van der Waals surface area contributed by atoms with Crippen LogP contribution in [0.25, 0.3) is 11.0 Å². The molecule has 1 heterocycles. The minimum absolute atomic E-state index is 0.167. The lowest BCUT2D eigenvalue weighted by atomic mass is 10.1. The van der Waals surface area contributed by atoms with E-state index in [1.807, 2.05) is 30.3 Å². The second-order valence-corrected chi connectivity index (χ2v) is 5.39. The van der Waals surface area contributed by atoms with Gasteiger partial charge in [0.05, 0.1) is 21.6 Å². The van der Waals surface area contributed by atoms with Crippen LogP contribution in [-0.4, -0.2) is 21.9 Å². The third-order valence-electron chi connectivity index (χ3n) is 3.68. The monoisotopic (exact) mass is 326 g/mol. The summed E-state index contributed by atoms with van der Waals surface area (Å²) in [4.78, 5) is 40.4. The zero-order chi connectivity index (χ0) is 17.3. The molecule has 0 spiro atoms. The van der Waals surface area contributed by atoms with E-state index in [0.29, 0.717) is 17.7 Å². The Kier molecular flexibility index (Phi) is 3.87. The second-order valence-electron chi connectivity index (χ2n) is 5.39. The number of nitro benzene ring substituents is 1. The summed E-state index contributed by atoms with van der Waals surface area (Å²) in [6, 6.07) is 12.2. The van der Waals surface area contributed by atoms with Crippen molar-refractivity contribution in [1.29, 1.82) is 0 Å². The standard InChI is InChI=1S/C16H14N4O4/c1-19(9-10-5-3-2-4-6-10)13-8-11(20(23)24)7-12-14(13)18-16(22)15(21)17-12/h2-8H,9H2,1H3,(H,17,21)(H,18,22). The number of benzene rings is 2. The average Bonchev–Trinajstić information content (AvgIpc) is 2.55. The van der Waals surface area contributed by atoms with Crippen molar-refractivity contribution in [2.45, 2.75) is 6.54 Å². The van der Waals surface area contributed by atoms with Crippen LogP contribution in [0.5, 0.6) is 0 Å². The normalized spacial score (nSPS) is 10.7. The Morgan fingerprint density at radius 3 is 2.42 bits per heavy atom. The Labute approximate surface area is 135 Å². The molecule has 2 aromatic carbocycles. The molecule has 8 heteroatoms. The van der Waals surface area contributed by atoms with Gasteiger partial charge >= 0.3 is 11.1 Å². The molecular weight excluding hydrogens is 312 g/mol. The molecule has 0 amide bonds. The molecule has 0 unspecified atom stereocenters. The van der Waals surface area contributed by atoms with Crippen molar-refractivity contribution < 1.29 is 4.92 Å². The number of aromatic amines is 2. The van der Waals surface area contributed by atoms with E-state index in [2.05, 4.69) is 9.97 Å². The van der Waals surface area contributed by atoms with Gasteiger partial charge in [0.25, 0.3) is 5.69 Å². The van der Waals surface area contributed by atoms with Crippen molar-refractivity contribution in [3.63, 3.8) is 0 Å². The molecule has 0 aliphatic carbocycles. The van der Waals surface area contributed by atoms with Crippen LogP contribution in [0.15, 0.2) is 52.1 Å². The summed E-state index contributed by atoms with van der Waals surface area (Å²) >= 11 is 0. The Balaban J connectivity index is 2.17. The smallest absolute Gasteiger partial charge is 0.314 e. The van der Waals surface area contributed by atoms with Gasteiger partial charge in [-0.2, -0.15) is 0 Å². The average molecular weight is 326 g/mol. The molecule has 0 atom stereocenters. The Bertz CT molecular complexity index is 1020. The van der Waals surface area contributed by atoms with Crippen molar-refractivity contribution in [2.75, 3.05) is 11.9 Å². The third-order valence-corrected chi connectivity index (χ3v) is 3.68. The number of anilines is 1. The number of aromatic nitrogens is 2. The summed E-state index contributed by atoms with van der Waals surface area (Å²) < 4.78 is 0. The number of nitrogens with one attached hydrogen (secondary N) is 2. The van der Waals surface area contributed by atoms with Crippen molar-refractivity contribution in [3.05, 3.63) is 78.8 Å². The zero-order valence-corrected chi connectivity index (χ0v) is 12.8. The van der Waals surface area contributed by atoms with Gasteiger partial charge in [-0.25, -0.2) is 0 Å². The van der Waals surface area contributed by atoms with Crippen LogP contribution in [-0.2, 0) is 6.54 Å². The number of hydrogen-bond donors (Lipinski definition) is 2. The van der Waals surface area contributed by atoms with Gasteiger partial charge in [-0.1, -0.05) is 30.3 Å². The van der Waals surface area contributed by atoms with E-state index in [1.165, 1.54) is 12.1 Å². The van der Waals surface area contributed by atoms with E-state index in [-0.39, 0.29) is 11.2 Å². The molecule has 24 heavy (non-hydrogen) atoms. The van der Waals surface area contributed by atoms with E-state index in [1.54, 1.807) is 11.9 Å². The SMILES string of the molecule is CN(Cc1ccccc1)c1cc([N+](=O)[O-])cc2[nH]c(=O)c(=O)[nH]c12. The van der Waals surface area contributed by atoms with Crippen LogP contribution in [0.2, 0.25) is 0 Å². The molecule has 3 rings (SSSR count). The molecule has 1 aromatic heterocycles. The molecule has 2 N–H and O–H groups in total. The lowest BCUT2D eigenvalue weighted by Crippen LogP contribution is -2.29. The van der Waals surface area contributed by atoms with Gasteiger partial charge in [0.15, 0.2) is 0 Å². The van der Waals surface area contributed by atoms with Gasteiger partial charge in [0.2, 0.25) is 0 Å². The molecule has 3 aromatic rings. The first-order valence-electron chi connectivity index (χ1n) is 7.15. The van der Waals surface area contributed by atoms with Crippen LogP contribution >= 0.6 is 0 Å². The van der Waals surface area contributed by atoms with Gasteiger partial charge < -0.3 is 14.9 Å². The zero-order valence-electron chi connectivity index (χ0n) is 12.8. The maximum atomic E-state index is 11.6. The third kappa shape index (κ3) is 2.89. The Morgan fingerprint density at radius 1 is 1.08 bits per heavy atom. The maximum Gasteiger partial charge on any atom is 0.314 e. The van der Waals surface area contributed by atoms with Gasteiger partial charge in [-0.15, -0.1) is 0 Å². The predicted octanol–water partition coefficient (Wildman–Crippen LogP) is 1.76. The topological polar surface area (TPSA) is 112 Å².